The molecule has 0 atom stereocenters. The zero-order valence-electron chi connectivity index (χ0n) is 14.3. The lowest BCUT2D eigenvalue weighted by atomic mass is 10.0. The van der Waals surface area contributed by atoms with Crippen molar-refractivity contribution in [3.63, 3.8) is 0 Å². The van der Waals surface area contributed by atoms with Crippen LogP contribution in [0.2, 0.25) is 0 Å². The Morgan fingerprint density at radius 3 is 2.27 bits per heavy atom. The molecule has 2 aromatic rings. The number of anilines is 1. The number of benzene rings is 2. The first-order chi connectivity index (χ1) is 12.4. The molecular weight excluding hydrogens is 332 g/mol. The van der Waals surface area contributed by atoms with E-state index in [1.54, 1.807) is 18.2 Å². The van der Waals surface area contributed by atoms with Gasteiger partial charge in [0, 0.05) is 25.7 Å². The van der Waals surface area contributed by atoms with Crippen LogP contribution in [0.1, 0.15) is 19.4 Å². The van der Waals surface area contributed by atoms with Gasteiger partial charge in [0.1, 0.15) is 0 Å². The predicted octanol–water partition coefficient (Wildman–Crippen LogP) is 3.36. The van der Waals surface area contributed by atoms with Gasteiger partial charge >= 0.3 is 11.9 Å². The van der Waals surface area contributed by atoms with Crippen molar-refractivity contribution >= 4 is 17.6 Å². The number of esters is 2. The third-order valence-electron chi connectivity index (χ3n) is 3.69. The molecule has 3 rings (SSSR count). The summed E-state index contributed by atoms with van der Waals surface area (Å²) < 4.78 is 10.1. The maximum atomic E-state index is 11.9. The van der Waals surface area contributed by atoms with Gasteiger partial charge in [0.05, 0.1) is 11.6 Å². The lowest BCUT2D eigenvalue weighted by molar-refractivity contribution is -0.222. The van der Waals surface area contributed by atoms with Crippen molar-refractivity contribution in [3.05, 3.63) is 65.9 Å². The molecule has 6 nitrogen and oxygen atoms in total. The molecular formula is C20H16N2O4. The molecule has 1 N–H and O–H groups in total. The number of cyclic esters (lactones) is 2. The molecule has 0 saturated carbocycles. The third-order valence-corrected chi connectivity index (χ3v) is 3.69. The minimum atomic E-state index is -1.27. The maximum Gasteiger partial charge on any atom is 0.350 e. The van der Waals surface area contributed by atoms with Crippen molar-refractivity contribution < 1.29 is 19.1 Å². The first kappa shape index (κ1) is 17.2. The van der Waals surface area contributed by atoms with Gasteiger partial charge in [0.15, 0.2) is 5.57 Å². The van der Waals surface area contributed by atoms with Gasteiger partial charge in [-0.1, -0.05) is 24.3 Å². The number of nitrogens with zero attached hydrogens (tertiary/aromatic N) is 1. The smallest absolute Gasteiger partial charge is 0.350 e. The molecule has 0 unspecified atom stereocenters. The number of ether oxygens (including phenoxy) is 2. The van der Waals surface area contributed by atoms with E-state index in [0.29, 0.717) is 11.3 Å². The fraction of sp³-hybridized carbons (Fsp3) is 0.150. The Bertz CT molecular complexity index is 932. The summed E-state index contributed by atoms with van der Waals surface area (Å²) >= 11 is 0. The molecule has 1 heterocycles. The molecule has 1 saturated heterocycles. The zero-order valence-corrected chi connectivity index (χ0v) is 14.3. The van der Waals surface area contributed by atoms with Crippen LogP contribution in [-0.4, -0.2) is 17.7 Å². The Kier molecular flexibility index (Phi) is 4.46. The molecule has 1 fully saturated rings. The number of hydrogen-bond donors (Lipinski definition) is 1. The predicted molar refractivity (Wildman–Crippen MR) is 94.6 cm³/mol. The Hall–Kier alpha value is -3.59. The van der Waals surface area contributed by atoms with Crippen molar-refractivity contribution in [1.29, 1.82) is 5.26 Å². The van der Waals surface area contributed by atoms with Crippen LogP contribution >= 0.6 is 0 Å². The minimum Gasteiger partial charge on any atom is -0.419 e. The summed E-state index contributed by atoms with van der Waals surface area (Å²) in [7, 11) is 0. The van der Waals surface area contributed by atoms with Crippen LogP contribution in [0, 0.1) is 11.3 Å². The molecule has 0 radical (unpaired) electrons. The first-order valence-corrected chi connectivity index (χ1v) is 7.92. The summed E-state index contributed by atoms with van der Waals surface area (Å²) in [5, 5.41) is 11.9. The van der Waals surface area contributed by atoms with Gasteiger partial charge in [0.25, 0.3) is 5.79 Å². The average Bonchev–Trinajstić information content (AvgIpc) is 2.60. The summed E-state index contributed by atoms with van der Waals surface area (Å²) in [5.74, 6) is -2.75. The van der Waals surface area contributed by atoms with Crippen LogP contribution < -0.4 is 5.32 Å². The number of nitrogens with one attached hydrogen (secondary N) is 1. The number of hydrogen-bond acceptors (Lipinski definition) is 6. The Balaban J connectivity index is 1.82. The number of carbonyl (C=O) groups excluding carboxylic acids is 2. The van der Waals surface area contributed by atoms with Crippen LogP contribution in [0.5, 0.6) is 0 Å². The molecule has 6 heteroatoms. The summed E-state index contributed by atoms with van der Waals surface area (Å²) in [6.07, 6.45) is 1.27. The van der Waals surface area contributed by atoms with Crippen LogP contribution in [0.3, 0.4) is 0 Å². The number of rotatable bonds is 3. The lowest BCUT2D eigenvalue weighted by Crippen LogP contribution is -2.42. The summed E-state index contributed by atoms with van der Waals surface area (Å²) in [4.78, 5) is 23.9. The second-order valence-corrected chi connectivity index (χ2v) is 6.15. The van der Waals surface area contributed by atoms with Crippen LogP contribution in [0.25, 0.3) is 11.1 Å². The minimum absolute atomic E-state index is 0.207. The van der Waals surface area contributed by atoms with E-state index in [1.807, 2.05) is 30.3 Å². The summed E-state index contributed by atoms with van der Waals surface area (Å²) in [6, 6.07) is 16.7. The highest BCUT2D eigenvalue weighted by molar-refractivity contribution is 6.15. The quantitative estimate of drug-likeness (QED) is 0.520. The van der Waals surface area contributed by atoms with E-state index in [2.05, 4.69) is 11.4 Å². The van der Waals surface area contributed by atoms with Gasteiger partial charge < -0.3 is 14.8 Å². The van der Waals surface area contributed by atoms with E-state index in [9.17, 15) is 9.59 Å². The van der Waals surface area contributed by atoms with E-state index >= 15 is 0 Å². The Labute approximate surface area is 150 Å². The highest BCUT2D eigenvalue weighted by Gasteiger charge is 2.38. The monoisotopic (exact) mass is 348 g/mol. The van der Waals surface area contributed by atoms with Gasteiger partial charge in [-0.2, -0.15) is 5.26 Å². The third kappa shape index (κ3) is 3.73. The normalized spacial score (nSPS) is 15.5. The second kappa shape index (κ2) is 6.73. The SMILES string of the molecule is CC1(C)OC(=O)C(=CNc2cccc(-c3cccc(C#N)c3)c2)C(=O)O1. The van der Waals surface area contributed by atoms with Crippen molar-refractivity contribution in [3.8, 4) is 17.2 Å². The van der Waals surface area contributed by atoms with Gasteiger partial charge in [-0.3, -0.25) is 0 Å². The second-order valence-electron chi connectivity index (χ2n) is 6.15. The van der Waals surface area contributed by atoms with Gasteiger partial charge in [0.2, 0.25) is 0 Å². The molecule has 0 amide bonds. The fourth-order valence-corrected chi connectivity index (χ4v) is 2.49. The van der Waals surface area contributed by atoms with Crippen molar-refractivity contribution in [2.45, 2.75) is 19.6 Å². The molecule has 2 aromatic carbocycles. The molecule has 0 spiro atoms. The van der Waals surface area contributed by atoms with Gasteiger partial charge in [-0.05, 0) is 35.4 Å². The van der Waals surface area contributed by atoms with E-state index < -0.39 is 17.7 Å². The first-order valence-electron chi connectivity index (χ1n) is 7.92. The molecule has 130 valence electrons. The van der Waals surface area contributed by atoms with Crippen molar-refractivity contribution in [2.75, 3.05) is 5.32 Å². The Morgan fingerprint density at radius 2 is 1.62 bits per heavy atom. The van der Waals surface area contributed by atoms with Gasteiger partial charge in [-0.25, -0.2) is 9.59 Å². The molecule has 0 aromatic heterocycles. The largest absolute Gasteiger partial charge is 0.419 e. The Morgan fingerprint density at radius 1 is 1.00 bits per heavy atom. The van der Waals surface area contributed by atoms with Crippen LogP contribution in [0.4, 0.5) is 5.69 Å². The number of nitriles is 1. The van der Waals surface area contributed by atoms with Crippen molar-refractivity contribution in [1.82, 2.24) is 0 Å². The van der Waals surface area contributed by atoms with Crippen molar-refractivity contribution in [2.24, 2.45) is 0 Å². The highest BCUT2D eigenvalue weighted by atomic mass is 16.7. The van der Waals surface area contributed by atoms with Gasteiger partial charge in [-0.15, -0.1) is 0 Å². The molecule has 1 aliphatic heterocycles. The van der Waals surface area contributed by atoms with Crippen LogP contribution in [-0.2, 0) is 19.1 Å². The van der Waals surface area contributed by atoms with E-state index in [-0.39, 0.29) is 5.57 Å². The fourth-order valence-electron chi connectivity index (χ4n) is 2.49. The standard InChI is InChI=1S/C20H16N2O4/c1-20(2)25-18(23)17(19(24)26-20)12-22-16-8-4-7-15(10-16)14-6-3-5-13(9-14)11-21/h3-10,12,22H,1-2H3. The molecule has 0 bridgehead atoms. The average molecular weight is 348 g/mol. The molecule has 1 aliphatic rings. The van der Waals surface area contributed by atoms with E-state index in [1.165, 1.54) is 20.0 Å². The zero-order chi connectivity index (χ0) is 18.7. The summed E-state index contributed by atoms with van der Waals surface area (Å²) in [5.41, 5.74) is 2.81. The van der Waals surface area contributed by atoms with E-state index in [4.69, 9.17) is 14.7 Å². The lowest BCUT2D eigenvalue weighted by Gasteiger charge is -2.29. The topological polar surface area (TPSA) is 88.4 Å². The van der Waals surface area contributed by atoms with E-state index in [0.717, 1.165) is 11.1 Å². The molecule has 0 aliphatic carbocycles. The maximum absolute atomic E-state index is 11.9. The summed E-state index contributed by atoms with van der Waals surface area (Å²) in [6.45, 7) is 2.98. The number of carbonyl (C=O) groups is 2. The highest BCUT2D eigenvalue weighted by Crippen LogP contribution is 2.25. The molecule has 26 heavy (non-hydrogen) atoms. The van der Waals surface area contributed by atoms with Crippen LogP contribution in [0.15, 0.2) is 60.3 Å².